The predicted molar refractivity (Wildman–Crippen MR) is 103 cm³/mol. The first-order chi connectivity index (χ1) is 12.4. The molecule has 132 valence electrons. The molecule has 3 heterocycles. The summed E-state index contributed by atoms with van der Waals surface area (Å²) < 4.78 is 0. The highest BCUT2D eigenvalue weighted by molar-refractivity contribution is 6.33. The molecule has 5 nitrogen and oxygen atoms in total. The van der Waals surface area contributed by atoms with Crippen LogP contribution in [0.1, 0.15) is 25.2 Å². The minimum atomic E-state index is -0.734. The van der Waals surface area contributed by atoms with Gasteiger partial charge in [0, 0.05) is 41.5 Å². The Hall–Kier alpha value is -2.50. The van der Waals surface area contributed by atoms with Crippen LogP contribution in [0.4, 0.5) is 11.4 Å². The molecule has 1 unspecified atom stereocenters. The molecule has 1 aliphatic heterocycles. The first kappa shape index (κ1) is 16.9. The Morgan fingerprint density at radius 1 is 1.04 bits per heavy atom. The largest absolute Gasteiger partial charge is 0.372 e. The van der Waals surface area contributed by atoms with Gasteiger partial charge in [0.25, 0.3) is 0 Å². The van der Waals surface area contributed by atoms with Gasteiger partial charge in [-0.3, -0.25) is 4.98 Å². The fourth-order valence-corrected chi connectivity index (χ4v) is 3.63. The van der Waals surface area contributed by atoms with Crippen molar-refractivity contribution in [1.29, 1.82) is 0 Å². The quantitative estimate of drug-likeness (QED) is 0.734. The van der Waals surface area contributed by atoms with E-state index in [1.807, 2.05) is 50.2 Å². The molecule has 0 saturated heterocycles. The number of benzene rings is 1. The van der Waals surface area contributed by atoms with Gasteiger partial charge in [-0.05, 0) is 30.2 Å². The number of aliphatic hydroxyl groups excluding tert-OH is 1. The van der Waals surface area contributed by atoms with Gasteiger partial charge < -0.3 is 10.0 Å². The van der Waals surface area contributed by atoms with E-state index in [4.69, 9.17) is 11.6 Å². The van der Waals surface area contributed by atoms with Gasteiger partial charge in [0.15, 0.2) is 0 Å². The average Bonchev–Trinajstić information content (AvgIpc) is 2.82. The van der Waals surface area contributed by atoms with Crippen molar-refractivity contribution in [3.05, 3.63) is 65.5 Å². The molecule has 1 aromatic carbocycles. The van der Waals surface area contributed by atoms with Crippen molar-refractivity contribution in [3.8, 4) is 11.1 Å². The number of hydrogen-bond acceptors (Lipinski definition) is 5. The summed E-state index contributed by atoms with van der Waals surface area (Å²) in [6.45, 7) is 5.92. The van der Waals surface area contributed by atoms with Crippen LogP contribution in [0.5, 0.6) is 0 Å². The Morgan fingerprint density at radius 3 is 2.46 bits per heavy atom. The van der Waals surface area contributed by atoms with E-state index in [9.17, 15) is 5.11 Å². The number of fused-ring (bicyclic) bond motifs is 1. The van der Waals surface area contributed by atoms with Crippen molar-refractivity contribution in [2.45, 2.75) is 32.4 Å². The summed E-state index contributed by atoms with van der Waals surface area (Å²) in [5.74, 6) is 0.733. The second kappa shape index (κ2) is 6.04. The van der Waals surface area contributed by atoms with Crippen LogP contribution in [0, 0.1) is 6.92 Å². The normalized spacial score (nSPS) is 18.0. The van der Waals surface area contributed by atoms with Crippen LogP contribution in [0.3, 0.4) is 0 Å². The Morgan fingerprint density at radius 2 is 1.77 bits per heavy atom. The highest BCUT2D eigenvalue weighted by Gasteiger charge is 2.45. The van der Waals surface area contributed by atoms with E-state index in [-0.39, 0.29) is 0 Å². The average molecular weight is 367 g/mol. The molecule has 26 heavy (non-hydrogen) atoms. The minimum absolute atomic E-state index is 0.440. The van der Waals surface area contributed by atoms with Gasteiger partial charge in [0.1, 0.15) is 12.1 Å². The van der Waals surface area contributed by atoms with Crippen molar-refractivity contribution in [1.82, 2.24) is 15.0 Å². The minimum Gasteiger partial charge on any atom is -0.372 e. The monoisotopic (exact) mass is 366 g/mol. The molecule has 0 fully saturated rings. The van der Waals surface area contributed by atoms with Gasteiger partial charge in [-0.25, -0.2) is 9.97 Å². The zero-order valence-corrected chi connectivity index (χ0v) is 15.6. The maximum atomic E-state index is 11.0. The fourth-order valence-electron chi connectivity index (χ4n) is 3.42. The molecule has 1 atom stereocenters. The molecule has 0 amide bonds. The first-order valence-corrected chi connectivity index (χ1v) is 8.78. The summed E-state index contributed by atoms with van der Waals surface area (Å²) in [5.41, 5.74) is 4.20. The van der Waals surface area contributed by atoms with E-state index in [1.165, 1.54) is 0 Å². The van der Waals surface area contributed by atoms with E-state index in [2.05, 4.69) is 27.1 Å². The van der Waals surface area contributed by atoms with Crippen molar-refractivity contribution >= 4 is 23.0 Å². The topological polar surface area (TPSA) is 62.1 Å². The van der Waals surface area contributed by atoms with Crippen molar-refractivity contribution < 1.29 is 5.11 Å². The van der Waals surface area contributed by atoms with Gasteiger partial charge in [-0.15, -0.1) is 0 Å². The molecule has 0 radical (unpaired) electrons. The maximum Gasteiger partial charge on any atom is 0.140 e. The summed E-state index contributed by atoms with van der Waals surface area (Å²) in [7, 11) is 0. The number of anilines is 2. The van der Waals surface area contributed by atoms with Crippen LogP contribution >= 0.6 is 11.6 Å². The third kappa shape index (κ3) is 2.55. The zero-order valence-electron chi connectivity index (χ0n) is 14.8. The van der Waals surface area contributed by atoms with E-state index >= 15 is 0 Å². The van der Waals surface area contributed by atoms with Crippen LogP contribution in [0.15, 0.2) is 49.1 Å². The van der Waals surface area contributed by atoms with Gasteiger partial charge in [-0.1, -0.05) is 37.6 Å². The number of aryl methyl sites for hydroxylation is 1. The lowest BCUT2D eigenvalue weighted by molar-refractivity contribution is 0.119. The molecule has 0 bridgehead atoms. The molecule has 2 aromatic heterocycles. The molecule has 3 aromatic rings. The predicted octanol–water partition coefficient (Wildman–Crippen LogP) is 4.25. The number of nitrogens with zero attached hydrogens (tertiary/aromatic N) is 4. The Labute approximate surface area is 157 Å². The van der Waals surface area contributed by atoms with E-state index in [0.717, 1.165) is 33.9 Å². The summed E-state index contributed by atoms with van der Waals surface area (Å²) in [4.78, 5) is 14.5. The van der Waals surface area contributed by atoms with E-state index in [1.54, 1.807) is 12.4 Å². The maximum absolute atomic E-state index is 11.0. The summed E-state index contributed by atoms with van der Waals surface area (Å²) in [5, 5.41) is 11.5. The zero-order chi connectivity index (χ0) is 18.5. The number of hydrogen-bond donors (Lipinski definition) is 1. The number of aliphatic hydroxyl groups is 1. The van der Waals surface area contributed by atoms with Crippen LogP contribution in [0.25, 0.3) is 11.1 Å². The van der Waals surface area contributed by atoms with Crippen molar-refractivity contribution in [2.75, 3.05) is 4.90 Å². The number of aromatic nitrogens is 3. The molecule has 4 rings (SSSR count). The Kier molecular flexibility index (Phi) is 3.93. The van der Waals surface area contributed by atoms with Gasteiger partial charge in [-0.2, -0.15) is 0 Å². The SMILES string of the molecule is Cc1ncc(-c2ccc3c(c2)N(c2ccncc2Cl)C(O)C3(C)C)cn1. The lowest BCUT2D eigenvalue weighted by atomic mass is 9.85. The molecule has 0 spiro atoms. The van der Waals surface area contributed by atoms with Crippen LogP contribution < -0.4 is 4.90 Å². The smallest absolute Gasteiger partial charge is 0.140 e. The number of rotatable bonds is 2. The van der Waals surface area contributed by atoms with Crippen molar-refractivity contribution in [2.24, 2.45) is 0 Å². The molecular weight excluding hydrogens is 348 g/mol. The Balaban J connectivity index is 1.89. The number of pyridine rings is 1. The molecule has 1 aliphatic rings. The summed E-state index contributed by atoms with van der Waals surface area (Å²) >= 11 is 6.37. The molecule has 0 aliphatic carbocycles. The lowest BCUT2D eigenvalue weighted by Gasteiger charge is -2.30. The molecule has 1 N–H and O–H groups in total. The van der Waals surface area contributed by atoms with Crippen LogP contribution in [0.2, 0.25) is 5.02 Å². The second-order valence-electron chi connectivity index (χ2n) is 7.04. The lowest BCUT2D eigenvalue weighted by Crippen LogP contribution is -2.38. The van der Waals surface area contributed by atoms with Crippen molar-refractivity contribution in [3.63, 3.8) is 0 Å². The third-order valence-electron chi connectivity index (χ3n) is 4.97. The van der Waals surface area contributed by atoms with E-state index in [0.29, 0.717) is 5.02 Å². The third-order valence-corrected chi connectivity index (χ3v) is 5.26. The van der Waals surface area contributed by atoms with E-state index < -0.39 is 11.6 Å². The summed E-state index contributed by atoms with van der Waals surface area (Å²) in [6.07, 6.45) is 6.15. The van der Waals surface area contributed by atoms with Gasteiger partial charge in [0.05, 0.1) is 10.7 Å². The first-order valence-electron chi connectivity index (χ1n) is 8.40. The summed E-state index contributed by atoms with van der Waals surface area (Å²) in [6, 6.07) is 7.97. The van der Waals surface area contributed by atoms with Gasteiger partial charge in [0.2, 0.25) is 0 Å². The molecular formula is C20H19ClN4O. The standard InChI is InChI=1S/C20H19ClN4O/c1-12-23-9-14(10-24-12)13-4-5-15-18(8-13)25(19(26)20(15,2)3)17-6-7-22-11-16(17)21/h4-11,19,26H,1-3H3. The molecule has 0 saturated carbocycles. The number of halogens is 1. The fraction of sp³-hybridized carbons (Fsp3) is 0.250. The van der Waals surface area contributed by atoms with Crippen LogP contribution in [-0.4, -0.2) is 26.3 Å². The second-order valence-corrected chi connectivity index (χ2v) is 7.45. The molecule has 6 heteroatoms. The highest BCUT2D eigenvalue weighted by Crippen LogP contribution is 2.50. The Bertz CT molecular complexity index is 972. The highest BCUT2D eigenvalue weighted by atomic mass is 35.5. The van der Waals surface area contributed by atoms with Crippen LogP contribution in [-0.2, 0) is 5.41 Å². The van der Waals surface area contributed by atoms with Gasteiger partial charge >= 0.3 is 0 Å².